The average molecular weight is 262 g/mol. The molecule has 1 unspecified atom stereocenters. The minimum absolute atomic E-state index is 0.181. The summed E-state index contributed by atoms with van der Waals surface area (Å²) in [6.45, 7) is 4.79. The van der Waals surface area contributed by atoms with E-state index in [0.717, 1.165) is 0 Å². The van der Waals surface area contributed by atoms with Gasteiger partial charge in [0.25, 0.3) is 0 Å². The number of para-hydroxylation sites is 2. The first kappa shape index (κ1) is 13.4. The summed E-state index contributed by atoms with van der Waals surface area (Å²) in [6, 6.07) is 6.78. The quantitative estimate of drug-likeness (QED) is 0.838. The molecule has 2 rings (SSSR count). The zero-order chi connectivity index (χ0) is 14.0. The van der Waals surface area contributed by atoms with Gasteiger partial charge in [-0.3, -0.25) is 4.79 Å². The Hall–Kier alpha value is -2.04. The Morgan fingerprint density at radius 1 is 1.32 bits per heavy atom. The van der Waals surface area contributed by atoms with Crippen LogP contribution in [0.25, 0.3) is 0 Å². The minimum Gasteiger partial charge on any atom is -0.495 e. The molecule has 1 saturated heterocycles. The number of ether oxygens (including phenoxy) is 1. The molecule has 5 heteroatoms. The highest BCUT2D eigenvalue weighted by Gasteiger charge is 2.38. The summed E-state index contributed by atoms with van der Waals surface area (Å²) in [7, 11) is 1.53. The lowest BCUT2D eigenvalue weighted by Crippen LogP contribution is -2.56. The maximum atomic E-state index is 12.4. The molecule has 102 valence electrons. The van der Waals surface area contributed by atoms with Crippen molar-refractivity contribution in [1.82, 2.24) is 4.90 Å². The zero-order valence-electron chi connectivity index (χ0n) is 11.4. The third kappa shape index (κ3) is 2.28. The van der Waals surface area contributed by atoms with E-state index in [1.54, 1.807) is 23.1 Å². The molecule has 1 atom stereocenters. The molecule has 1 aromatic rings. The maximum Gasteiger partial charge on any atom is 0.331 e. The van der Waals surface area contributed by atoms with Gasteiger partial charge in [0.2, 0.25) is 5.91 Å². The van der Waals surface area contributed by atoms with Gasteiger partial charge in [-0.05, 0) is 19.1 Å². The molecule has 1 fully saturated rings. The van der Waals surface area contributed by atoms with Crippen LogP contribution in [0.1, 0.15) is 13.8 Å². The number of methoxy groups -OCH3 is 1. The van der Waals surface area contributed by atoms with E-state index < -0.39 is 0 Å². The Morgan fingerprint density at radius 3 is 2.63 bits per heavy atom. The van der Waals surface area contributed by atoms with E-state index >= 15 is 0 Å². The van der Waals surface area contributed by atoms with Crippen LogP contribution in [-0.2, 0) is 4.79 Å². The van der Waals surface area contributed by atoms with E-state index in [1.165, 1.54) is 12.0 Å². The topological polar surface area (TPSA) is 49.9 Å². The van der Waals surface area contributed by atoms with Gasteiger partial charge in [-0.1, -0.05) is 19.1 Å². The van der Waals surface area contributed by atoms with E-state index in [-0.39, 0.29) is 17.9 Å². The molecule has 3 amide bonds. The van der Waals surface area contributed by atoms with Crippen LogP contribution in [0.15, 0.2) is 24.3 Å². The van der Waals surface area contributed by atoms with Gasteiger partial charge in [0, 0.05) is 13.1 Å². The highest BCUT2D eigenvalue weighted by molar-refractivity contribution is 6.17. The maximum absolute atomic E-state index is 12.4. The largest absolute Gasteiger partial charge is 0.495 e. The number of imide groups is 1. The van der Waals surface area contributed by atoms with Gasteiger partial charge in [0.05, 0.1) is 18.7 Å². The predicted octanol–water partition coefficient (Wildman–Crippen LogP) is 2.12. The van der Waals surface area contributed by atoms with Crippen LogP contribution in [-0.4, -0.2) is 37.0 Å². The standard InChI is InChI=1S/C14H18N2O3/c1-4-15-9-10(2)13(17)16(14(15)18)11-7-5-6-8-12(11)19-3/h5-8,10H,4,9H2,1-3H3. The van der Waals surface area contributed by atoms with Gasteiger partial charge in [0.1, 0.15) is 5.75 Å². The van der Waals surface area contributed by atoms with Crippen molar-refractivity contribution >= 4 is 17.6 Å². The molecule has 1 heterocycles. The fourth-order valence-electron chi connectivity index (χ4n) is 2.24. The fourth-order valence-corrected chi connectivity index (χ4v) is 2.24. The van der Waals surface area contributed by atoms with E-state index in [0.29, 0.717) is 24.5 Å². The summed E-state index contributed by atoms with van der Waals surface area (Å²) in [4.78, 5) is 27.5. The molecular weight excluding hydrogens is 244 g/mol. The Bertz CT molecular complexity index is 501. The van der Waals surface area contributed by atoms with Crippen LogP contribution in [0.2, 0.25) is 0 Å². The van der Waals surface area contributed by atoms with E-state index in [9.17, 15) is 9.59 Å². The number of hydrogen-bond donors (Lipinski definition) is 0. The van der Waals surface area contributed by atoms with Gasteiger partial charge in [-0.25, -0.2) is 9.69 Å². The van der Waals surface area contributed by atoms with E-state index in [2.05, 4.69) is 0 Å². The van der Waals surface area contributed by atoms with Crippen LogP contribution >= 0.6 is 0 Å². The average Bonchev–Trinajstić information content (AvgIpc) is 2.43. The van der Waals surface area contributed by atoms with Crippen LogP contribution in [0.4, 0.5) is 10.5 Å². The van der Waals surface area contributed by atoms with Gasteiger partial charge in [-0.15, -0.1) is 0 Å². The molecule has 1 aromatic carbocycles. The number of urea groups is 1. The van der Waals surface area contributed by atoms with Gasteiger partial charge in [0.15, 0.2) is 0 Å². The second-order valence-electron chi connectivity index (χ2n) is 4.57. The lowest BCUT2D eigenvalue weighted by Gasteiger charge is -2.37. The summed E-state index contributed by atoms with van der Waals surface area (Å²) in [5.74, 6) is 0.135. The highest BCUT2D eigenvalue weighted by atomic mass is 16.5. The molecule has 1 aliphatic heterocycles. The first-order valence-electron chi connectivity index (χ1n) is 6.36. The SMILES string of the molecule is CCN1CC(C)C(=O)N(c2ccccc2OC)C1=O. The van der Waals surface area contributed by atoms with Crippen LogP contribution in [0.5, 0.6) is 5.75 Å². The Kier molecular flexibility index (Phi) is 3.74. The number of amides is 3. The molecule has 0 radical (unpaired) electrons. The normalized spacial score (nSPS) is 19.8. The summed E-state index contributed by atoms with van der Waals surface area (Å²) in [5, 5.41) is 0. The number of hydrogen-bond acceptors (Lipinski definition) is 3. The molecule has 0 N–H and O–H groups in total. The van der Waals surface area contributed by atoms with Crippen molar-refractivity contribution in [1.29, 1.82) is 0 Å². The van der Waals surface area contributed by atoms with Crippen LogP contribution in [0, 0.1) is 5.92 Å². The number of carbonyl (C=O) groups is 2. The zero-order valence-corrected chi connectivity index (χ0v) is 11.4. The first-order valence-corrected chi connectivity index (χ1v) is 6.36. The second-order valence-corrected chi connectivity index (χ2v) is 4.57. The molecule has 0 spiro atoms. The molecule has 0 aromatic heterocycles. The van der Waals surface area contributed by atoms with Gasteiger partial charge < -0.3 is 9.64 Å². The highest BCUT2D eigenvalue weighted by Crippen LogP contribution is 2.31. The number of benzene rings is 1. The summed E-state index contributed by atoms with van der Waals surface area (Å²) in [6.07, 6.45) is 0. The third-order valence-corrected chi connectivity index (χ3v) is 3.31. The van der Waals surface area contributed by atoms with Crippen molar-refractivity contribution in [2.75, 3.05) is 25.1 Å². The monoisotopic (exact) mass is 262 g/mol. The van der Waals surface area contributed by atoms with Crippen molar-refractivity contribution in [2.24, 2.45) is 5.92 Å². The molecule has 5 nitrogen and oxygen atoms in total. The summed E-state index contributed by atoms with van der Waals surface area (Å²) in [5.41, 5.74) is 0.505. The smallest absolute Gasteiger partial charge is 0.331 e. The second kappa shape index (κ2) is 5.30. The van der Waals surface area contributed by atoms with E-state index in [1.807, 2.05) is 19.9 Å². The summed E-state index contributed by atoms with van der Waals surface area (Å²) >= 11 is 0. The molecule has 0 aliphatic carbocycles. The molecule has 1 aliphatic rings. The summed E-state index contributed by atoms with van der Waals surface area (Å²) < 4.78 is 5.23. The Labute approximate surface area is 112 Å². The number of carbonyl (C=O) groups excluding carboxylic acids is 2. The third-order valence-electron chi connectivity index (χ3n) is 3.31. The Balaban J connectivity index is 2.45. The van der Waals surface area contributed by atoms with Gasteiger partial charge >= 0.3 is 6.03 Å². The minimum atomic E-state index is -0.282. The first-order chi connectivity index (χ1) is 9.10. The van der Waals surface area contributed by atoms with E-state index in [4.69, 9.17) is 4.74 Å². The Morgan fingerprint density at radius 2 is 2.00 bits per heavy atom. The predicted molar refractivity (Wildman–Crippen MR) is 72.3 cm³/mol. The molecule has 19 heavy (non-hydrogen) atoms. The number of nitrogens with zero attached hydrogens (tertiary/aromatic N) is 2. The molecule has 0 bridgehead atoms. The number of rotatable bonds is 3. The van der Waals surface area contributed by atoms with Crippen molar-refractivity contribution in [3.05, 3.63) is 24.3 Å². The van der Waals surface area contributed by atoms with Crippen molar-refractivity contribution < 1.29 is 14.3 Å². The lowest BCUT2D eigenvalue weighted by atomic mass is 10.1. The van der Waals surface area contributed by atoms with Crippen LogP contribution < -0.4 is 9.64 Å². The van der Waals surface area contributed by atoms with Crippen molar-refractivity contribution in [3.63, 3.8) is 0 Å². The van der Waals surface area contributed by atoms with Crippen molar-refractivity contribution in [2.45, 2.75) is 13.8 Å². The van der Waals surface area contributed by atoms with Crippen molar-refractivity contribution in [3.8, 4) is 5.75 Å². The number of anilines is 1. The molecular formula is C14H18N2O3. The van der Waals surface area contributed by atoms with Gasteiger partial charge in [-0.2, -0.15) is 0 Å². The van der Waals surface area contributed by atoms with Crippen LogP contribution in [0.3, 0.4) is 0 Å². The fraction of sp³-hybridized carbons (Fsp3) is 0.429. The molecule has 0 saturated carbocycles. The lowest BCUT2D eigenvalue weighted by molar-refractivity contribution is -0.122.